The fourth-order valence-corrected chi connectivity index (χ4v) is 2.06. The lowest BCUT2D eigenvalue weighted by molar-refractivity contribution is -0.137. The van der Waals surface area contributed by atoms with E-state index in [1.165, 1.54) is 12.1 Å². The van der Waals surface area contributed by atoms with Gasteiger partial charge in [-0.05, 0) is 24.3 Å². The molecular formula is C17H16F3NO3. The van der Waals surface area contributed by atoms with Crippen LogP contribution in [0.1, 0.15) is 21.5 Å². The van der Waals surface area contributed by atoms with Gasteiger partial charge in [0.25, 0.3) is 5.91 Å². The van der Waals surface area contributed by atoms with E-state index in [1.807, 2.05) is 0 Å². The van der Waals surface area contributed by atoms with Crippen molar-refractivity contribution in [3.8, 4) is 5.75 Å². The van der Waals surface area contributed by atoms with Gasteiger partial charge in [0.2, 0.25) is 0 Å². The van der Waals surface area contributed by atoms with Crippen molar-refractivity contribution in [3.05, 3.63) is 65.2 Å². The van der Waals surface area contributed by atoms with Crippen LogP contribution >= 0.6 is 0 Å². The van der Waals surface area contributed by atoms with E-state index in [9.17, 15) is 18.0 Å². The van der Waals surface area contributed by atoms with Crippen molar-refractivity contribution in [1.82, 2.24) is 5.32 Å². The molecule has 0 aliphatic rings. The average Bonchev–Trinajstić information content (AvgIpc) is 2.58. The van der Waals surface area contributed by atoms with Crippen molar-refractivity contribution >= 4 is 5.91 Å². The first-order valence-corrected chi connectivity index (χ1v) is 7.19. The molecule has 0 unspecified atom stereocenters. The summed E-state index contributed by atoms with van der Waals surface area (Å²) in [5.41, 5.74) is -0.285. The SMILES string of the molecule is O=C(NCc1ccccc1OCCO)c1cccc(C(F)(F)F)c1. The van der Waals surface area contributed by atoms with E-state index in [-0.39, 0.29) is 25.3 Å². The monoisotopic (exact) mass is 339 g/mol. The van der Waals surface area contributed by atoms with Gasteiger partial charge in [0.05, 0.1) is 12.2 Å². The molecule has 0 spiro atoms. The summed E-state index contributed by atoms with van der Waals surface area (Å²) in [5.74, 6) is -0.117. The first kappa shape index (κ1) is 17.8. The highest BCUT2D eigenvalue weighted by molar-refractivity contribution is 5.94. The van der Waals surface area contributed by atoms with Gasteiger partial charge < -0.3 is 15.2 Å². The van der Waals surface area contributed by atoms with Crippen molar-refractivity contribution in [2.45, 2.75) is 12.7 Å². The van der Waals surface area contributed by atoms with Crippen molar-refractivity contribution in [3.63, 3.8) is 0 Å². The summed E-state index contributed by atoms with van der Waals surface area (Å²) in [6.45, 7) is 0.0558. The smallest absolute Gasteiger partial charge is 0.416 e. The molecule has 4 nitrogen and oxygen atoms in total. The molecule has 0 aromatic heterocycles. The second-order valence-corrected chi connectivity index (χ2v) is 4.94. The van der Waals surface area contributed by atoms with Crippen LogP contribution in [0, 0.1) is 0 Å². The maximum atomic E-state index is 12.7. The molecule has 7 heteroatoms. The molecule has 0 fully saturated rings. The maximum absolute atomic E-state index is 12.7. The van der Waals surface area contributed by atoms with Gasteiger partial charge in [-0.2, -0.15) is 13.2 Å². The summed E-state index contributed by atoms with van der Waals surface area (Å²) in [5, 5.41) is 11.4. The van der Waals surface area contributed by atoms with Gasteiger partial charge in [-0.15, -0.1) is 0 Å². The first-order valence-electron chi connectivity index (χ1n) is 7.19. The van der Waals surface area contributed by atoms with Gasteiger partial charge in [-0.1, -0.05) is 24.3 Å². The van der Waals surface area contributed by atoms with Crippen LogP contribution in [0.2, 0.25) is 0 Å². The first-order chi connectivity index (χ1) is 11.4. The Morgan fingerprint density at radius 3 is 2.58 bits per heavy atom. The molecule has 0 aliphatic heterocycles. The average molecular weight is 339 g/mol. The zero-order valence-electron chi connectivity index (χ0n) is 12.6. The van der Waals surface area contributed by atoms with Crippen LogP contribution in [0.15, 0.2) is 48.5 Å². The third kappa shape index (κ3) is 4.73. The van der Waals surface area contributed by atoms with E-state index in [4.69, 9.17) is 9.84 Å². The number of nitrogens with one attached hydrogen (secondary N) is 1. The lowest BCUT2D eigenvalue weighted by atomic mass is 10.1. The zero-order chi connectivity index (χ0) is 17.6. The molecular weight excluding hydrogens is 323 g/mol. The van der Waals surface area contributed by atoms with E-state index in [2.05, 4.69) is 5.32 Å². The Balaban J connectivity index is 2.06. The van der Waals surface area contributed by atoms with E-state index in [0.29, 0.717) is 11.3 Å². The second kappa shape index (κ2) is 7.83. The normalized spacial score (nSPS) is 11.2. The molecule has 0 saturated heterocycles. The number of alkyl halides is 3. The van der Waals surface area contributed by atoms with Crippen LogP contribution in [-0.2, 0) is 12.7 Å². The number of aliphatic hydroxyl groups excluding tert-OH is 1. The Morgan fingerprint density at radius 1 is 1.12 bits per heavy atom. The molecule has 2 aromatic rings. The van der Waals surface area contributed by atoms with Crippen LogP contribution < -0.4 is 10.1 Å². The van der Waals surface area contributed by atoms with Crippen molar-refractivity contribution < 1.29 is 27.8 Å². The van der Waals surface area contributed by atoms with E-state index in [1.54, 1.807) is 24.3 Å². The molecule has 2 aromatic carbocycles. The predicted molar refractivity (Wildman–Crippen MR) is 81.6 cm³/mol. The molecule has 0 radical (unpaired) electrons. The minimum atomic E-state index is -4.50. The summed E-state index contributed by atoms with van der Waals surface area (Å²) in [6, 6.07) is 11.1. The van der Waals surface area contributed by atoms with Gasteiger partial charge in [0.1, 0.15) is 12.4 Å². The number of amides is 1. The fraction of sp³-hybridized carbons (Fsp3) is 0.235. The van der Waals surface area contributed by atoms with Gasteiger partial charge in [-0.3, -0.25) is 4.79 Å². The van der Waals surface area contributed by atoms with E-state index < -0.39 is 17.6 Å². The number of halogens is 3. The number of carbonyl (C=O) groups is 1. The molecule has 0 atom stereocenters. The van der Waals surface area contributed by atoms with E-state index in [0.717, 1.165) is 12.1 Å². The van der Waals surface area contributed by atoms with Crippen molar-refractivity contribution in [2.24, 2.45) is 0 Å². The number of aliphatic hydroxyl groups is 1. The molecule has 24 heavy (non-hydrogen) atoms. The summed E-state index contributed by atoms with van der Waals surface area (Å²) in [6.07, 6.45) is -4.50. The molecule has 0 saturated carbocycles. The van der Waals surface area contributed by atoms with Crippen LogP contribution in [0.5, 0.6) is 5.75 Å². The minimum absolute atomic E-state index is 0.0708. The van der Waals surface area contributed by atoms with Crippen LogP contribution in [-0.4, -0.2) is 24.2 Å². The minimum Gasteiger partial charge on any atom is -0.491 e. The molecule has 2 rings (SSSR count). The standard InChI is InChI=1S/C17H16F3NO3/c18-17(19,20)14-6-3-5-12(10-14)16(23)21-11-13-4-1-2-7-15(13)24-9-8-22/h1-7,10,22H,8-9,11H2,(H,21,23). The van der Waals surface area contributed by atoms with Gasteiger partial charge in [0.15, 0.2) is 0 Å². The van der Waals surface area contributed by atoms with Gasteiger partial charge >= 0.3 is 6.18 Å². The second-order valence-electron chi connectivity index (χ2n) is 4.94. The van der Waals surface area contributed by atoms with Crippen molar-refractivity contribution in [2.75, 3.05) is 13.2 Å². The molecule has 0 aliphatic carbocycles. The van der Waals surface area contributed by atoms with Gasteiger partial charge in [-0.25, -0.2) is 0 Å². The Kier molecular flexibility index (Phi) is 5.81. The molecule has 128 valence electrons. The van der Waals surface area contributed by atoms with Gasteiger partial charge in [0, 0.05) is 17.7 Å². The number of hydrogen-bond donors (Lipinski definition) is 2. The number of para-hydroxylation sites is 1. The number of benzene rings is 2. The third-order valence-electron chi connectivity index (χ3n) is 3.21. The molecule has 0 heterocycles. The van der Waals surface area contributed by atoms with Crippen LogP contribution in [0.4, 0.5) is 13.2 Å². The maximum Gasteiger partial charge on any atom is 0.416 e. The lowest BCUT2D eigenvalue weighted by Crippen LogP contribution is -2.23. The van der Waals surface area contributed by atoms with Crippen LogP contribution in [0.25, 0.3) is 0 Å². The number of ether oxygens (including phenoxy) is 1. The number of rotatable bonds is 6. The molecule has 0 bridgehead atoms. The summed E-state index contributed by atoms with van der Waals surface area (Å²) >= 11 is 0. The quantitative estimate of drug-likeness (QED) is 0.851. The number of hydrogen-bond acceptors (Lipinski definition) is 3. The summed E-state index contributed by atoms with van der Waals surface area (Å²) in [4.78, 5) is 12.1. The van der Waals surface area contributed by atoms with E-state index >= 15 is 0 Å². The highest BCUT2D eigenvalue weighted by Crippen LogP contribution is 2.29. The van der Waals surface area contributed by atoms with Crippen molar-refractivity contribution in [1.29, 1.82) is 0 Å². The lowest BCUT2D eigenvalue weighted by Gasteiger charge is -2.12. The summed E-state index contributed by atoms with van der Waals surface area (Å²) < 4.78 is 43.4. The number of carbonyl (C=O) groups excluding carboxylic acids is 1. The Labute approximate surface area is 136 Å². The third-order valence-corrected chi connectivity index (χ3v) is 3.21. The molecule has 1 amide bonds. The Hall–Kier alpha value is -2.54. The zero-order valence-corrected chi connectivity index (χ0v) is 12.6. The fourth-order valence-electron chi connectivity index (χ4n) is 2.06. The predicted octanol–water partition coefficient (Wildman–Crippen LogP) is 3.01. The highest BCUT2D eigenvalue weighted by Gasteiger charge is 2.30. The molecule has 2 N–H and O–H groups in total. The summed E-state index contributed by atoms with van der Waals surface area (Å²) in [7, 11) is 0. The topological polar surface area (TPSA) is 58.6 Å². The van der Waals surface area contributed by atoms with Crippen LogP contribution in [0.3, 0.4) is 0 Å². The Morgan fingerprint density at radius 2 is 1.88 bits per heavy atom. The highest BCUT2D eigenvalue weighted by atomic mass is 19.4. The Bertz CT molecular complexity index is 701. The largest absolute Gasteiger partial charge is 0.491 e.